The van der Waals surface area contributed by atoms with E-state index in [0.29, 0.717) is 23.7 Å². The van der Waals surface area contributed by atoms with Crippen LogP contribution in [-0.4, -0.2) is 42.1 Å². The molecule has 25 heavy (non-hydrogen) atoms. The van der Waals surface area contributed by atoms with Crippen molar-refractivity contribution < 1.29 is 9.53 Å². The summed E-state index contributed by atoms with van der Waals surface area (Å²) in [5.74, 6) is 0.597. The van der Waals surface area contributed by atoms with Gasteiger partial charge in [0.15, 0.2) is 0 Å². The van der Waals surface area contributed by atoms with Gasteiger partial charge in [0, 0.05) is 43.6 Å². The molecule has 1 saturated heterocycles. The number of aromatic nitrogens is 1. The molecule has 0 radical (unpaired) electrons. The molecule has 0 bridgehead atoms. The fourth-order valence-corrected chi connectivity index (χ4v) is 3.27. The summed E-state index contributed by atoms with van der Waals surface area (Å²) >= 11 is 0. The van der Waals surface area contributed by atoms with Crippen LogP contribution in [0.2, 0.25) is 0 Å². The number of hydrogen-bond donors (Lipinski definition) is 1. The second-order valence-corrected chi connectivity index (χ2v) is 6.44. The highest BCUT2D eigenvalue weighted by Crippen LogP contribution is 2.26. The zero-order valence-corrected chi connectivity index (χ0v) is 14.6. The number of carbonyl (C=O) groups excluding carboxylic acids is 1. The molecule has 2 heterocycles. The Morgan fingerprint density at radius 3 is 2.84 bits per heavy atom. The van der Waals surface area contributed by atoms with Crippen LogP contribution in [0.4, 0.5) is 5.69 Å². The molecule has 0 spiro atoms. The van der Waals surface area contributed by atoms with Gasteiger partial charge in [-0.15, -0.1) is 0 Å². The van der Waals surface area contributed by atoms with Gasteiger partial charge in [0.25, 0.3) is 5.91 Å². The molecule has 0 atom stereocenters. The van der Waals surface area contributed by atoms with Crippen molar-refractivity contribution in [3.05, 3.63) is 48.3 Å². The topological polar surface area (TPSA) is 68.5 Å². The van der Waals surface area contributed by atoms with Crippen LogP contribution in [0.1, 0.15) is 30.1 Å². The molecular weight excluding hydrogens is 314 g/mol. The quantitative estimate of drug-likeness (QED) is 0.908. The zero-order chi connectivity index (χ0) is 17.6. The zero-order valence-electron chi connectivity index (χ0n) is 14.6. The first kappa shape index (κ1) is 17.4. The van der Waals surface area contributed by atoms with E-state index in [1.807, 2.05) is 42.2 Å². The van der Waals surface area contributed by atoms with Gasteiger partial charge >= 0.3 is 0 Å². The van der Waals surface area contributed by atoms with Gasteiger partial charge in [0.2, 0.25) is 0 Å². The summed E-state index contributed by atoms with van der Waals surface area (Å²) in [5.41, 5.74) is 9.17. The van der Waals surface area contributed by atoms with Crippen molar-refractivity contribution >= 4 is 11.6 Å². The van der Waals surface area contributed by atoms with Crippen LogP contribution < -0.4 is 5.73 Å². The van der Waals surface area contributed by atoms with Crippen molar-refractivity contribution in [3.8, 4) is 11.1 Å². The van der Waals surface area contributed by atoms with Crippen molar-refractivity contribution in [1.29, 1.82) is 0 Å². The number of nitrogens with zero attached hydrogens (tertiary/aromatic N) is 2. The number of hydrogen-bond acceptors (Lipinski definition) is 4. The maximum Gasteiger partial charge on any atom is 0.253 e. The Hall–Kier alpha value is -2.40. The summed E-state index contributed by atoms with van der Waals surface area (Å²) in [7, 11) is 0. The highest BCUT2D eigenvalue weighted by molar-refractivity contribution is 5.96. The van der Waals surface area contributed by atoms with Crippen LogP contribution in [0.25, 0.3) is 11.1 Å². The first-order chi connectivity index (χ1) is 12.2. The average Bonchev–Trinajstić information content (AvgIpc) is 2.67. The standard InChI is InChI=1S/C20H25N3O2/c1-2-23(14-15-7-10-25-11-8-15)20(24)17-5-3-4-16(12-17)18-6-9-22-13-19(18)21/h3-6,9,12-13,15H,2,7-8,10-11,14,21H2,1H3. The van der Waals surface area contributed by atoms with Crippen LogP contribution in [0.5, 0.6) is 0 Å². The second-order valence-electron chi connectivity index (χ2n) is 6.44. The van der Waals surface area contributed by atoms with Crippen LogP contribution >= 0.6 is 0 Å². The fraction of sp³-hybridized carbons (Fsp3) is 0.400. The van der Waals surface area contributed by atoms with Gasteiger partial charge in [-0.1, -0.05) is 12.1 Å². The molecule has 5 heteroatoms. The van der Waals surface area contributed by atoms with Crippen LogP contribution in [-0.2, 0) is 4.74 Å². The molecule has 1 aliphatic rings. The number of benzene rings is 1. The summed E-state index contributed by atoms with van der Waals surface area (Å²) in [6.07, 6.45) is 5.39. The maximum atomic E-state index is 13.0. The lowest BCUT2D eigenvalue weighted by molar-refractivity contribution is 0.0467. The maximum absolute atomic E-state index is 13.0. The SMILES string of the molecule is CCN(CC1CCOCC1)C(=O)c1cccc(-c2ccncc2N)c1. The minimum atomic E-state index is 0.0727. The number of nitrogen functional groups attached to an aromatic ring is 1. The molecule has 2 N–H and O–H groups in total. The molecule has 0 saturated carbocycles. The third-order valence-corrected chi connectivity index (χ3v) is 4.76. The second kappa shape index (κ2) is 8.12. The highest BCUT2D eigenvalue weighted by atomic mass is 16.5. The van der Waals surface area contributed by atoms with Crippen molar-refractivity contribution in [2.24, 2.45) is 5.92 Å². The normalized spacial score (nSPS) is 15.1. The molecule has 1 amide bonds. The van der Waals surface area contributed by atoms with E-state index in [9.17, 15) is 4.79 Å². The minimum absolute atomic E-state index is 0.0727. The Kier molecular flexibility index (Phi) is 5.66. The van der Waals surface area contributed by atoms with Crippen molar-refractivity contribution in [1.82, 2.24) is 9.88 Å². The molecule has 2 aromatic rings. The third kappa shape index (κ3) is 4.17. The number of rotatable bonds is 5. The Balaban J connectivity index is 1.79. The Bertz CT molecular complexity index is 726. The molecule has 0 unspecified atom stereocenters. The smallest absolute Gasteiger partial charge is 0.253 e. The van der Waals surface area contributed by atoms with E-state index < -0.39 is 0 Å². The predicted molar refractivity (Wildman–Crippen MR) is 99.2 cm³/mol. The predicted octanol–water partition coefficient (Wildman–Crippen LogP) is 3.22. The summed E-state index contributed by atoms with van der Waals surface area (Å²) in [6.45, 7) is 5.13. The lowest BCUT2D eigenvalue weighted by Crippen LogP contribution is -2.37. The fourth-order valence-electron chi connectivity index (χ4n) is 3.27. The Morgan fingerprint density at radius 1 is 1.32 bits per heavy atom. The number of amides is 1. The van der Waals surface area contributed by atoms with Crippen molar-refractivity contribution in [3.63, 3.8) is 0 Å². The molecule has 1 aromatic carbocycles. The van der Waals surface area contributed by atoms with E-state index in [1.165, 1.54) is 0 Å². The number of carbonyl (C=O) groups is 1. The summed E-state index contributed by atoms with van der Waals surface area (Å²) in [5, 5.41) is 0. The number of pyridine rings is 1. The van der Waals surface area contributed by atoms with E-state index in [1.54, 1.807) is 12.4 Å². The van der Waals surface area contributed by atoms with Crippen LogP contribution in [0.15, 0.2) is 42.7 Å². The highest BCUT2D eigenvalue weighted by Gasteiger charge is 2.21. The lowest BCUT2D eigenvalue weighted by Gasteiger charge is -2.29. The molecular formula is C20H25N3O2. The van der Waals surface area contributed by atoms with E-state index in [2.05, 4.69) is 4.98 Å². The van der Waals surface area contributed by atoms with Gasteiger partial charge < -0.3 is 15.4 Å². The molecule has 5 nitrogen and oxygen atoms in total. The summed E-state index contributed by atoms with van der Waals surface area (Å²) < 4.78 is 5.42. The largest absolute Gasteiger partial charge is 0.397 e. The van der Waals surface area contributed by atoms with E-state index in [4.69, 9.17) is 10.5 Å². The third-order valence-electron chi connectivity index (χ3n) is 4.76. The monoisotopic (exact) mass is 339 g/mol. The van der Waals surface area contributed by atoms with Gasteiger partial charge in [-0.05, 0) is 49.4 Å². The first-order valence-electron chi connectivity index (χ1n) is 8.86. The minimum Gasteiger partial charge on any atom is -0.397 e. The molecule has 1 aromatic heterocycles. The number of ether oxygens (including phenoxy) is 1. The van der Waals surface area contributed by atoms with Gasteiger partial charge in [-0.25, -0.2) is 0 Å². The molecule has 0 aliphatic carbocycles. The van der Waals surface area contributed by atoms with Gasteiger partial charge in [0.1, 0.15) is 0 Å². The van der Waals surface area contributed by atoms with E-state index >= 15 is 0 Å². The van der Waals surface area contributed by atoms with Gasteiger partial charge in [-0.2, -0.15) is 0 Å². The average molecular weight is 339 g/mol. The van der Waals surface area contributed by atoms with Crippen LogP contribution in [0.3, 0.4) is 0 Å². The van der Waals surface area contributed by atoms with Crippen molar-refractivity contribution in [2.45, 2.75) is 19.8 Å². The Morgan fingerprint density at radius 2 is 2.12 bits per heavy atom. The number of nitrogens with two attached hydrogens (primary N) is 1. The van der Waals surface area contributed by atoms with Gasteiger partial charge in [0.05, 0.1) is 11.9 Å². The first-order valence-corrected chi connectivity index (χ1v) is 8.86. The van der Waals surface area contributed by atoms with Gasteiger partial charge in [-0.3, -0.25) is 9.78 Å². The molecule has 1 aliphatic heterocycles. The lowest BCUT2D eigenvalue weighted by atomic mass is 9.98. The number of anilines is 1. The van der Waals surface area contributed by atoms with Crippen molar-refractivity contribution in [2.75, 3.05) is 32.0 Å². The van der Waals surface area contributed by atoms with Crippen LogP contribution in [0, 0.1) is 5.92 Å². The summed E-state index contributed by atoms with van der Waals surface area (Å²) in [6, 6.07) is 9.54. The molecule has 132 valence electrons. The molecule has 1 fully saturated rings. The van der Waals surface area contributed by atoms with E-state index in [-0.39, 0.29) is 5.91 Å². The van der Waals surface area contributed by atoms with E-state index in [0.717, 1.165) is 43.7 Å². The summed E-state index contributed by atoms with van der Waals surface area (Å²) in [4.78, 5) is 18.9. The molecule has 3 rings (SSSR count). The Labute approximate surface area is 148 Å².